The largest absolute Gasteiger partial charge is 0.449 e. The smallest absolute Gasteiger partial charge is 0.409 e. The Labute approximate surface area is 129 Å². The Bertz CT molecular complexity index is 342. The average Bonchev–Trinajstić information content (AvgIpc) is 3.20. The maximum atomic E-state index is 12.0. The number of hydrogen-bond acceptors (Lipinski definition) is 3. The summed E-state index contributed by atoms with van der Waals surface area (Å²) >= 11 is 0. The molecule has 0 aromatic heterocycles. The fraction of sp³-hybridized carbons (Fsp3) is 0.824. The molecule has 1 heterocycles. The number of unbranched alkanes of at least 4 members (excludes halogenated alkanes) is 2. The Morgan fingerprint density at radius 2 is 2.14 bits per heavy atom. The van der Waals surface area contributed by atoms with E-state index in [1.807, 2.05) is 11.0 Å². The van der Waals surface area contributed by atoms with Crippen molar-refractivity contribution in [3.05, 3.63) is 12.7 Å². The van der Waals surface area contributed by atoms with Gasteiger partial charge in [-0.2, -0.15) is 0 Å². The van der Waals surface area contributed by atoms with Crippen molar-refractivity contribution in [3.63, 3.8) is 0 Å². The Morgan fingerprint density at radius 3 is 2.81 bits per heavy atom. The normalized spacial score (nSPS) is 21.8. The van der Waals surface area contributed by atoms with E-state index in [2.05, 4.69) is 18.4 Å². The minimum absolute atomic E-state index is 0.118. The van der Waals surface area contributed by atoms with Gasteiger partial charge in [0.15, 0.2) is 0 Å². The number of nitrogens with zero attached hydrogens (tertiary/aromatic N) is 2. The van der Waals surface area contributed by atoms with Crippen molar-refractivity contribution in [2.24, 2.45) is 0 Å². The van der Waals surface area contributed by atoms with Crippen LogP contribution in [-0.2, 0) is 4.74 Å². The van der Waals surface area contributed by atoms with Gasteiger partial charge in [0.05, 0.1) is 6.61 Å². The molecule has 4 nitrogen and oxygen atoms in total. The Hall–Kier alpha value is -1.03. The summed E-state index contributed by atoms with van der Waals surface area (Å²) in [5, 5.41) is 0. The topological polar surface area (TPSA) is 32.8 Å². The first-order valence-electron chi connectivity index (χ1n) is 8.54. The molecule has 0 N–H and O–H groups in total. The molecule has 1 saturated carbocycles. The van der Waals surface area contributed by atoms with Crippen molar-refractivity contribution in [2.75, 3.05) is 26.2 Å². The summed E-state index contributed by atoms with van der Waals surface area (Å²) in [6.45, 7) is 9.29. The molecular weight excluding hydrogens is 264 g/mol. The Morgan fingerprint density at radius 1 is 1.33 bits per heavy atom. The second-order valence-electron chi connectivity index (χ2n) is 6.26. The molecule has 0 aromatic rings. The van der Waals surface area contributed by atoms with E-state index < -0.39 is 0 Å². The van der Waals surface area contributed by atoms with Crippen LogP contribution in [0.2, 0.25) is 0 Å². The van der Waals surface area contributed by atoms with Crippen LogP contribution >= 0.6 is 0 Å². The summed E-state index contributed by atoms with van der Waals surface area (Å²) in [5.41, 5.74) is 0. The predicted octanol–water partition coefficient (Wildman–Crippen LogP) is 3.43. The summed E-state index contributed by atoms with van der Waals surface area (Å²) < 4.78 is 5.32. The molecule has 0 bridgehead atoms. The SMILES string of the molecule is C=CCCCN(C1CC1)[C@@H]1CCN(C(=O)OCCCC)C1. The zero-order valence-corrected chi connectivity index (χ0v) is 13.4. The first kappa shape index (κ1) is 16.3. The van der Waals surface area contributed by atoms with Crippen molar-refractivity contribution in [3.8, 4) is 0 Å². The molecule has 2 fully saturated rings. The van der Waals surface area contributed by atoms with Crippen LogP contribution in [-0.4, -0.2) is 54.2 Å². The highest BCUT2D eigenvalue weighted by Gasteiger charge is 2.38. The molecule has 1 atom stereocenters. The molecule has 1 aliphatic carbocycles. The zero-order chi connectivity index (χ0) is 15.1. The molecule has 4 heteroatoms. The third-order valence-corrected chi connectivity index (χ3v) is 4.45. The van der Waals surface area contributed by atoms with E-state index >= 15 is 0 Å². The fourth-order valence-electron chi connectivity index (χ4n) is 3.06. The van der Waals surface area contributed by atoms with E-state index in [1.165, 1.54) is 19.3 Å². The number of carbonyl (C=O) groups is 1. The van der Waals surface area contributed by atoms with Crippen LogP contribution in [0.5, 0.6) is 0 Å². The molecule has 1 aliphatic heterocycles. The minimum atomic E-state index is -0.118. The Balaban J connectivity index is 1.76. The van der Waals surface area contributed by atoms with Gasteiger partial charge in [0.25, 0.3) is 0 Å². The van der Waals surface area contributed by atoms with Gasteiger partial charge >= 0.3 is 6.09 Å². The molecule has 1 saturated heterocycles. The molecule has 0 radical (unpaired) electrons. The van der Waals surface area contributed by atoms with E-state index in [0.717, 1.165) is 51.4 Å². The van der Waals surface area contributed by atoms with Gasteiger partial charge in [-0.1, -0.05) is 19.4 Å². The lowest BCUT2D eigenvalue weighted by Crippen LogP contribution is -2.41. The minimum Gasteiger partial charge on any atom is -0.449 e. The number of likely N-dealkylation sites (tertiary alicyclic amines) is 1. The van der Waals surface area contributed by atoms with Gasteiger partial charge in [-0.15, -0.1) is 6.58 Å². The van der Waals surface area contributed by atoms with Gasteiger partial charge in [-0.25, -0.2) is 4.79 Å². The molecule has 1 amide bonds. The highest BCUT2D eigenvalue weighted by Crippen LogP contribution is 2.31. The van der Waals surface area contributed by atoms with Crippen molar-refractivity contribution >= 4 is 6.09 Å². The Kier molecular flexibility index (Phi) is 6.55. The molecule has 120 valence electrons. The van der Waals surface area contributed by atoms with Crippen LogP contribution in [0.1, 0.15) is 51.9 Å². The third-order valence-electron chi connectivity index (χ3n) is 4.45. The van der Waals surface area contributed by atoms with Gasteiger partial charge in [0.1, 0.15) is 0 Å². The third kappa shape index (κ3) is 5.03. The van der Waals surface area contributed by atoms with E-state index in [1.54, 1.807) is 0 Å². The number of amides is 1. The maximum Gasteiger partial charge on any atom is 0.409 e. The quantitative estimate of drug-likeness (QED) is 0.482. The van der Waals surface area contributed by atoms with Crippen molar-refractivity contribution in [1.82, 2.24) is 9.80 Å². The molecular formula is C17H30N2O2. The number of hydrogen-bond donors (Lipinski definition) is 0. The molecule has 0 unspecified atom stereocenters. The first-order valence-corrected chi connectivity index (χ1v) is 8.54. The molecule has 2 rings (SSSR count). The van der Waals surface area contributed by atoms with Gasteiger partial charge in [-0.05, 0) is 45.1 Å². The fourth-order valence-corrected chi connectivity index (χ4v) is 3.06. The van der Waals surface area contributed by atoms with Crippen LogP contribution in [0, 0.1) is 0 Å². The van der Waals surface area contributed by atoms with Gasteiger partial charge in [0, 0.05) is 25.2 Å². The molecule has 0 aromatic carbocycles. The summed E-state index contributed by atoms with van der Waals surface area (Å²) in [5.74, 6) is 0. The van der Waals surface area contributed by atoms with Gasteiger partial charge in [0.2, 0.25) is 0 Å². The first-order chi connectivity index (χ1) is 10.3. The highest BCUT2D eigenvalue weighted by atomic mass is 16.6. The van der Waals surface area contributed by atoms with E-state index in [9.17, 15) is 4.79 Å². The maximum absolute atomic E-state index is 12.0. The lowest BCUT2D eigenvalue weighted by atomic mass is 10.2. The van der Waals surface area contributed by atoms with Crippen LogP contribution in [0.3, 0.4) is 0 Å². The number of allylic oxidation sites excluding steroid dienone is 1. The van der Waals surface area contributed by atoms with E-state index in [-0.39, 0.29) is 6.09 Å². The average molecular weight is 294 g/mol. The molecule has 2 aliphatic rings. The van der Waals surface area contributed by atoms with Crippen LogP contribution in [0.25, 0.3) is 0 Å². The van der Waals surface area contributed by atoms with Crippen LogP contribution in [0.15, 0.2) is 12.7 Å². The molecule has 0 spiro atoms. The second-order valence-corrected chi connectivity index (χ2v) is 6.26. The number of ether oxygens (including phenoxy) is 1. The number of rotatable bonds is 9. The zero-order valence-electron chi connectivity index (χ0n) is 13.4. The summed E-state index contributed by atoms with van der Waals surface area (Å²) in [6.07, 6.45) is 9.90. The lowest BCUT2D eigenvalue weighted by molar-refractivity contribution is 0.104. The monoisotopic (exact) mass is 294 g/mol. The summed E-state index contributed by atoms with van der Waals surface area (Å²) in [4.78, 5) is 16.5. The van der Waals surface area contributed by atoms with Crippen molar-refractivity contribution in [1.29, 1.82) is 0 Å². The number of carbonyl (C=O) groups excluding carboxylic acids is 1. The summed E-state index contributed by atoms with van der Waals surface area (Å²) in [7, 11) is 0. The van der Waals surface area contributed by atoms with Crippen LogP contribution < -0.4 is 0 Å². The summed E-state index contributed by atoms with van der Waals surface area (Å²) in [6, 6.07) is 1.29. The standard InChI is InChI=1S/C17H30N2O2/c1-3-5-7-11-19(15-8-9-15)16-10-12-18(14-16)17(20)21-13-6-4-2/h3,15-16H,1,4-14H2,2H3/t16-/m1/s1. The van der Waals surface area contributed by atoms with Crippen molar-refractivity contribution in [2.45, 2.75) is 64.0 Å². The lowest BCUT2D eigenvalue weighted by Gasteiger charge is -2.28. The second kappa shape index (κ2) is 8.42. The van der Waals surface area contributed by atoms with Gasteiger partial charge < -0.3 is 9.64 Å². The predicted molar refractivity (Wildman–Crippen MR) is 85.4 cm³/mol. The van der Waals surface area contributed by atoms with Crippen molar-refractivity contribution < 1.29 is 9.53 Å². The molecule has 21 heavy (non-hydrogen) atoms. The van der Waals surface area contributed by atoms with Gasteiger partial charge in [-0.3, -0.25) is 4.90 Å². The van der Waals surface area contributed by atoms with E-state index in [4.69, 9.17) is 4.74 Å². The highest BCUT2D eigenvalue weighted by molar-refractivity contribution is 5.68. The van der Waals surface area contributed by atoms with Crippen LogP contribution in [0.4, 0.5) is 4.79 Å². The van der Waals surface area contributed by atoms with E-state index in [0.29, 0.717) is 12.6 Å².